The van der Waals surface area contributed by atoms with Crippen molar-refractivity contribution in [2.45, 2.75) is 18.9 Å². The van der Waals surface area contributed by atoms with Crippen LogP contribution < -0.4 is 5.32 Å². The molecule has 1 atom stereocenters. The quantitative estimate of drug-likeness (QED) is 0.780. The van der Waals surface area contributed by atoms with Crippen molar-refractivity contribution in [3.8, 4) is 0 Å². The maximum Gasteiger partial charge on any atom is 0.294 e. The zero-order valence-corrected chi connectivity index (χ0v) is 14.3. The van der Waals surface area contributed by atoms with Crippen LogP contribution >= 0.6 is 11.8 Å². The van der Waals surface area contributed by atoms with Crippen LogP contribution in [0.4, 0.5) is 4.79 Å². The second-order valence-corrected chi connectivity index (χ2v) is 6.60. The first-order valence-electron chi connectivity index (χ1n) is 7.97. The first kappa shape index (κ1) is 17.5. The highest BCUT2D eigenvalue weighted by atomic mass is 32.2. The summed E-state index contributed by atoms with van der Waals surface area (Å²) in [5, 5.41) is 2.25. The van der Waals surface area contributed by atoms with E-state index < -0.39 is 11.1 Å². The van der Waals surface area contributed by atoms with Crippen molar-refractivity contribution in [1.29, 1.82) is 0 Å². The SMILES string of the molecule is O=C(CN1C(=O)S/C(=C\C=C\c2ccco2)C1=O)NC[C@H]1CCCO1. The summed E-state index contributed by atoms with van der Waals surface area (Å²) in [6.07, 6.45) is 8.31. The Hall–Kier alpha value is -2.32. The molecule has 0 unspecified atom stereocenters. The Kier molecular flexibility index (Phi) is 5.72. The molecule has 0 bridgehead atoms. The highest BCUT2D eigenvalue weighted by Crippen LogP contribution is 2.30. The van der Waals surface area contributed by atoms with E-state index in [1.54, 1.807) is 30.5 Å². The lowest BCUT2D eigenvalue weighted by Crippen LogP contribution is -2.41. The molecular formula is C17H18N2O5S. The molecule has 2 saturated heterocycles. The lowest BCUT2D eigenvalue weighted by atomic mass is 10.2. The summed E-state index contributed by atoms with van der Waals surface area (Å²) in [5.74, 6) is -0.194. The van der Waals surface area contributed by atoms with Gasteiger partial charge in [0.15, 0.2) is 0 Å². The third kappa shape index (κ3) is 4.61. The van der Waals surface area contributed by atoms with Crippen LogP contribution in [-0.2, 0) is 14.3 Å². The average Bonchev–Trinajstić information content (AvgIpc) is 3.33. The van der Waals surface area contributed by atoms with Gasteiger partial charge in [0.25, 0.3) is 11.1 Å². The number of nitrogens with zero attached hydrogens (tertiary/aromatic N) is 1. The third-order valence-corrected chi connectivity index (χ3v) is 4.70. The number of carbonyl (C=O) groups is 3. The summed E-state index contributed by atoms with van der Waals surface area (Å²) in [4.78, 5) is 37.4. The van der Waals surface area contributed by atoms with Crippen molar-refractivity contribution in [3.05, 3.63) is 41.2 Å². The molecule has 2 fully saturated rings. The molecule has 1 aromatic heterocycles. The number of thioether (sulfide) groups is 1. The average molecular weight is 362 g/mol. The number of carbonyl (C=O) groups excluding carboxylic acids is 3. The van der Waals surface area contributed by atoms with E-state index in [-0.39, 0.29) is 23.5 Å². The molecule has 1 aromatic rings. The van der Waals surface area contributed by atoms with Crippen LogP contribution in [0.2, 0.25) is 0 Å². The maximum atomic E-state index is 12.3. The summed E-state index contributed by atoms with van der Waals surface area (Å²) in [7, 11) is 0. The molecule has 2 aliphatic rings. The second kappa shape index (κ2) is 8.17. The van der Waals surface area contributed by atoms with Gasteiger partial charge in [0.2, 0.25) is 5.91 Å². The minimum absolute atomic E-state index is 0.0190. The van der Waals surface area contributed by atoms with Crippen LogP contribution in [0.1, 0.15) is 18.6 Å². The second-order valence-electron chi connectivity index (χ2n) is 5.60. The van der Waals surface area contributed by atoms with E-state index in [4.69, 9.17) is 9.15 Å². The highest BCUT2D eigenvalue weighted by molar-refractivity contribution is 8.18. The predicted octanol–water partition coefficient (Wildman–Crippen LogP) is 2.17. The molecule has 3 rings (SSSR count). The summed E-state index contributed by atoms with van der Waals surface area (Å²) in [5.41, 5.74) is 0. The fourth-order valence-corrected chi connectivity index (χ4v) is 3.29. The normalized spacial score (nSPS) is 22.5. The van der Waals surface area contributed by atoms with E-state index in [0.717, 1.165) is 29.5 Å². The Morgan fingerprint density at radius 3 is 3.04 bits per heavy atom. The van der Waals surface area contributed by atoms with Crippen molar-refractivity contribution in [2.75, 3.05) is 19.7 Å². The van der Waals surface area contributed by atoms with Gasteiger partial charge < -0.3 is 14.5 Å². The fourth-order valence-electron chi connectivity index (χ4n) is 2.50. The van der Waals surface area contributed by atoms with Gasteiger partial charge in [-0.1, -0.05) is 6.08 Å². The number of hydrogen-bond acceptors (Lipinski definition) is 6. The van der Waals surface area contributed by atoms with Crippen molar-refractivity contribution >= 4 is 34.9 Å². The Bertz CT molecular complexity index is 705. The molecule has 0 radical (unpaired) electrons. The molecule has 0 spiro atoms. The molecule has 25 heavy (non-hydrogen) atoms. The van der Waals surface area contributed by atoms with E-state index in [0.29, 0.717) is 18.9 Å². The zero-order valence-electron chi connectivity index (χ0n) is 13.5. The first-order chi connectivity index (χ1) is 12.1. The summed E-state index contributed by atoms with van der Waals surface area (Å²) in [6.45, 7) is 0.827. The van der Waals surface area contributed by atoms with Gasteiger partial charge in [-0.2, -0.15) is 0 Å². The number of imide groups is 1. The number of amides is 3. The highest BCUT2D eigenvalue weighted by Gasteiger charge is 2.36. The van der Waals surface area contributed by atoms with Crippen molar-refractivity contribution < 1.29 is 23.5 Å². The van der Waals surface area contributed by atoms with E-state index in [1.807, 2.05) is 0 Å². The van der Waals surface area contributed by atoms with E-state index >= 15 is 0 Å². The molecule has 0 aliphatic carbocycles. The van der Waals surface area contributed by atoms with E-state index in [9.17, 15) is 14.4 Å². The zero-order chi connectivity index (χ0) is 17.6. The van der Waals surface area contributed by atoms with Crippen molar-refractivity contribution in [3.63, 3.8) is 0 Å². The Balaban J connectivity index is 1.52. The third-order valence-electron chi connectivity index (χ3n) is 3.78. The topological polar surface area (TPSA) is 88.9 Å². The maximum absolute atomic E-state index is 12.3. The minimum Gasteiger partial charge on any atom is -0.465 e. The van der Waals surface area contributed by atoms with Gasteiger partial charge in [-0.3, -0.25) is 19.3 Å². The van der Waals surface area contributed by atoms with Crippen LogP contribution in [0.3, 0.4) is 0 Å². The molecular weight excluding hydrogens is 344 g/mol. The Morgan fingerprint density at radius 1 is 1.44 bits per heavy atom. The van der Waals surface area contributed by atoms with Gasteiger partial charge in [0.05, 0.1) is 17.3 Å². The standard InChI is InChI=1S/C17H18N2O5S/c20-15(18-10-13-6-3-9-24-13)11-19-16(21)14(25-17(19)22)7-1-4-12-5-2-8-23-12/h1-2,4-5,7-8,13H,3,6,9-11H2,(H,18,20)/b4-1+,14-7-/t13-/m1/s1. The summed E-state index contributed by atoms with van der Waals surface area (Å²) < 4.78 is 10.6. The lowest BCUT2D eigenvalue weighted by Gasteiger charge is -2.14. The number of ether oxygens (including phenoxy) is 1. The molecule has 132 valence electrons. The van der Waals surface area contributed by atoms with Gasteiger partial charge in [0.1, 0.15) is 12.3 Å². The number of furan rings is 1. The monoisotopic (exact) mass is 362 g/mol. The number of allylic oxidation sites excluding steroid dienone is 2. The van der Waals surface area contributed by atoms with E-state index in [1.165, 1.54) is 6.08 Å². The Labute approximate surface area is 149 Å². The predicted molar refractivity (Wildman–Crippen MR) is 92.5 cm³/mol. The van der Waals surface area contributed by atoms with Crippen LogP contribution in [-0.4, -0.2) is 47.8 Å². The fraction of sp³-hybridized carbons (Fsp3) is 0.353. The minimum atomic E-state index is -0.466. The van der Waals surface area contributed by atoms with Gasteiger partial charge in [-0.05, 0) is 48.9 Å². The van der Waals surface area contributed by atoms with E-state index in [2.05, 4.69) is 5.32 Å². The molecule has 0 saturated carbocycles. The molecule has 3 heterocycles. The molecule has 7 nitrogen and oxygen atoms in total. The van der Waals surface area contributed by atoms with Gasteiger partial charge in [0, 0.05) is 13.2 Å². The van der Waals surface area contributed by atoms with Crippen molar-refractivity contribution in [1.82, 2.24) is 10.2 Å². The molecule has 3 amide bonds. The van der Waals surface area contributed by atoms with Gasteiger partial charge in [-0.15, -0.1) is 0 Å². The smallest absolute Gasteiger partial charge is 0.294 e. The Morgan fingerprint density at radius 2 is 2.32 bits per heavy atom. The van der Waals surface area contributed by atoms with Gasteiger partial charge >= 0.3 is 0 Å². The number of rotatable bonds is 6. The summed E-state index contributed by atoms with van der Waals surface area (Å²) in [6, 6.07) is 3.53. The lowest BCUT2D eigenvalue weighted by molar-refractivity contribution is -0.129. The summed E-state index contributed by atoms with van der Waals surface area (Å²) >= 11 is 0.816. The van der Waals surface area contributed by atoms with Crippen LogP contribution in [0.25, 0.3) is 6.08 Å². The van der Waals surface area contributed by atoms with Crippen LogP contribution in [0.5, 0.6) is 0 Å². The molecule has 8 heteroatoms. The number of hydrogen-bond donors (Lipinski definition) is 1. The van der Waals surface area contributed by atoms with Gasteiger partial charge in [-0.25, -0.2) is 0 Å². The molecule has 0 aromatic carbocycles. The first-order valence-corrected chi connectivity index (χ1v) is 8.79. The number of nitrogens with one attached hydrogen (secondary N) is 1. The largest absolute Gasteiger partial charge is 0.465 e. The van der Waals surface area contributed by atoms with Crippen LogP contribution in [0.15, 0.2) is 39.9 Å². The molecule has 2 aliphatic heterocycles. The molecule has 1 N–H and O–H groups in total. The van der Waals surface area contributed by atoms with Crippen molar-refractivity contribution in [2.24, 2.45) is 0 Å². The van der Waals surface area contributed by atoms with Crippen LogP contribution in [0, 0.1) is 0 Å².